The molecule has 0 atom stereocenters. The van der Waals surface area contributed by atoms with Gasteiger partial charge in [0.25, 0.3) is 0 Å². The highest BCUT2D eigenvalue weighted by Crippen LogP contribution is 2.38. The van der Waals surface area contributed by atoms with E-state index in [0.29, 0.717) is 19.3 Å². The summed E-state index contributed by atoms with van der Waals surface area (Å²) in [7, 11) is 0. The average molecular weight is 276 g/mol. The van der Waals surface area contributed by atoms with Crippen molar-refractivity contribution < 1.29 is 18.0 Å². The molecule has 108 valence electrons. The van der Waals surface area contributed by atoms with Crippen LogP contribution < -0.4 is 0 Å². The lowest BCUT2D eigenvalue weighted by molar-refractivity contribution is -0.167. The second-order valence-electron chi connectivity index (χ2n) is 5.10. The molecule has 6 heteroatoms. The molecule has 0 spiro atoms. The molecule has 0 bridgehead atoms. The van der Waals surface area contributed by atoms with Crippen LogP contribution in [0.1, 0.15) is 45.4 Å². The highest BCUT2D eigenvalue weighted by atomic mass is 19.4. The summed E-state index contributed by atoms with van der Waals surface area (Å²) in [6.45, 7) is 0.501. The first kappa shape index (κ1) is 15.8. The van der Waals surface area contributed by atoms with Gasteiger partial charge in [0.05, 0.1) is 6.07 Å². The summed E-state index contributed by atoms with van der Waals surface area (Å²) < 4.78 is 37.5. The average Bonchev–Trinajstić information content (AvgIpc) is 2.36. The van der Waals surface area contributed by atoms with Gasteiger partial charge in [0.2, 0.25) is 5.91 Å². The molecule has 0 aromatic heterocycles. The van der Waals surface area contributed by atoms with Crippen LogP contribution >= 0.6 is 0 Å². The van der Waals surface area contributed by atoms with E-state index in [1.807, 2.05) is 6.07 Å². The van der Waals surface area contributed by atoms with E-state index in [-0.39, 0.29) is 6.54 Å². The molecule has 0 aromatic rings. The highest BCUT2D eigenvalue weighted by Gasteiger charge is 2.44. The number of rotatable bonds is 4. The molecule has 1 rings (SSSR count). The Labute approximate surface area is 111 Å². The van der Waals surface area contributed by atoms with Crippen LogP contribution in [0.5, 0.6) is 0 Å². The van der Waals surface area contributed by atoms with E-state index in [9.17, 15) is 23.2 Å². The molecule has 0 unspecified atom stereocenters. The van der Waals surface area contributed by atoms with Crippen LogP contribution in [0.3, 0.4) is 0 Å². The number of amides is 1. The second-order valence-corrected chi connectivity index (χ2v) is 5.10. The molecule has 0 N–H and O–H groups in total. The Morgan fingerprint density at radius 3 is 2.32 bits per heavy atom. The van der Waals surface area contributed by atoms with E-state index in [2.05, 4.69) is 0 Å². The Kier molecular flexibility index (Phi) is 5.21. The monoisotopic (exact) mass is 276 g/mol. The van der Waals surface area contributed by atoms with Gasteiger partial charge in [0, 0.05) is 6.54 Å². The first-order valence-corrected chi connectivity index (χ1v) is 6.62. The van der Waals surface area contributed by atoms with E-state index in [1.165, 1.54) is 0 Å². The lowest BCUT2D eigenvalue weighted by atomic mass is 9.74. The molecule has 0 saturated heterocycles. The first-order chi connectivity index (χ1) is 8.84. The van der Waals surface area contributed by atoms with Crippen molar-refractivity contribution >= 4 is 5.91 Å². The second kappa shape index (κ2) is 6.27. The summed E-state index contributed by atoms with van der Waals surface area (Å²) in [5.41, 5.74) is -1.24. The van der Waals surface area contributed by atoms with Gasteiger partial charge in [0.1, 0.15) is 12.0 Å². The van der Waals surface area contributed by atoms with E-state index >= 15 is 0 Å². The fraction of sp³-hybridized carbons (Fsp3) is 0.846. The van der Waals surface area contributed by atoms with Gasteiger partial charge in [-0.05, 0) is 19.3 Å². The smallest absolute Gasteiger partial charge is 0.332 e. The zero-order chi connectivity index (χ0) is 14.5. The third kappa shape index (κ3) is 4.12. The van der Waals surface area contributed by atoms with Crippen LogP contribution in [0.25, 0.3) is 0 Å². The van der Waals surface area contributed by atoms with Gasteiger partial charge in [-0.1, -0.05) is 26.2 Å². The first-order valence-electron chi connectivity index (χ1n) is 6.62. The molecule has 0 aromatic carbocycles. The Bertz CT molecular complexity index is 354. The quantitative estimate of drug-likeness (QED) is 0.791. The van der Waals surface area contributed by atoms with Crippen molar-refractivity contribution in [1.82, 2.24) is 4.90 Å². The minimum atomic E-state index is -4.42. The molecular weight excluding hydrogens is 257 g/mol. The molecule has 19 heavy (non-hydrogen) atoms. The minimum absolute atomic E-state index is 0.0434. The van der Waals surface area contributed by atoms with Crippen molar-refractivity contribution in [2.45, 2.75) is 51.6 Å². The molecule has 1 fully saturated rings. The molecule has 0 radical (unpaired) electrons. The number of hydrogen-bond donors (Lipinski definition) is 0. The maximum atomic E-state index is 12.5. The number of carbonyl (C=O) groups excluding carboxylic acids is 1. The fourth-order valence-electron chi connectivity index (χ4n) is 2.57. The third-order valence-electron chi connectivity index (χ3n) is 3.48. The van der Waals surface area contributed by atoms with Gasteiger partial charge in [0.15, 0.2) is 0 Å². The number of carbonyl (C=O) groups is 1. The summed E-state index contributed by atoms with van der Waals surface area (Å²) in [4.78, 5) is 13.1. The summed E-state index contributed by atoms with van der Waals surface area (Å²) in [6, 6.07) is 1.98. The molecule has 1 aliphatic carbocycles. The highest BCUT2D eigenvalue weighted by molar-refractivity contribution is 5.85. The van der Waals surface area contributed by atoms with Gasteiger partial charge in [-0.25, -0.2) is 0 Å². The normalized spacial score (nSPS) is 18.7. The number of hydrogen-bond acceptors (Lipinski definition) is 2. The standard InChI is InChI=1S/C13H19F3N2O/c1-2-8-18(10-13(14,15)16)11(19)12(9-17)6-4-3-5-7-12/h2-8,10H2,1H3. The zero-order valence-corrected chi connectivity index (χ0v) is 11.1. The van der Waals surface area contributed by atoms with Crippen molar-refractivity contribution in [2.75, 3.05) is 13.1 Å². The van der Waals surface area contributed by atoms with Crippen LogP contribution in [0.15, 0.2) is 0 Å². The number of alkyl halides is 3. The van der Waals surface area contributed by atoms with Crippen molar-refractivity contribution in [3.05, 3.63) is 0 Å². The van der Waals surface area contributed by atoms with Crippen LogP contribution in [0, 0.1) is 16.7 Å². The largest absolute Gasteiger partial charge is 0.406 e. The lowest BCUT2D eigenvalue weighted by Crippen LogP contribution is -2.48. The topological polar surface area (TPSA) is 44.1 Å². The number of nitrogens with zero attached hydrogens (tertiary/aromatic N) is 2. The van der Waals surface area contributed by atoms with Gasteiger partial charge < -0.3 is 4.90 Å². The zero-order valence-electron chi connectivity index (χ0n) is 11.1. The van der Waals surface area contributed by atoms with Gasteiger partial charge in [-0.15, -0.1) is 0 Å². The Balaban J connectivity index is 2.88. The molecular formula is C13H19F3N2O. The van der Waals surface area contributed by atoms with E-state index < -0.39 is 24.0 Å². The number of halogens is 3. The SMILES string of the molecule is CCCN(CC(F)(F)F)C(=O)C1(C#N)CCCCC1. The minimum Gasteiger partial charge on any atom is -0.332 e. The molecule has 3 nitrogen and oxygen atoms in total. The maximum absolute atomic E-state index is 12.5. The van der Waals surface area contributed by atoms with Crippen molar-refractivity contribution in [2.24, 2.45) is 5.41 Å². The fourth-order valence-corrected chi connectivity index (χ4v) is 2.57. The summed E-state index contributed by atoms with van der Waals surface area (Å²) in [5, 5.41) is 9.25. The van der Waals surface area contributed by atoms with Crippen molar-refractivity contribution in [3.63, 3.8) is 0 Å². The molecule has 0 heterocycles. The summed E-state index contributed by atoms with van der Waals surface area (Å²) in [6.07, 6.45) is -0.833. The number of nitriles is 1. The van der Waals surface area contributed by atoms with Gasteiger partial charge >= 0.3 is 6.18 Å². The molecule has 0 aliphatic heterocycles. The molecule has 1 saturated carbocycles. The Morgan fingerprint density at radius 2 is 1.89 bits per heavy atom. The predicted molar refractivity (Wildman–Crippen MR) is 64.1 cm³/mol. The van der Waals surface area contributed by atoms with Crippen LogP contribution in [-0.4, -0.2) is 30.1 Å². The Morgan fingerprint density at radius 1 is 1.32 bits per heavy atom. The van der Waals surface area contributed by atoms with Crippen molar-refractivity contribution in [1.29, 1.82) is 5.26 Å². The molecule has 1 amide bonds. The molecule has 1 aliphatic rings. The third-order valence-corrected chi connectivity index (χ3v) is 3.48. The van der Waals surface area contributed by atoms with Gasteiger partial charge in [-0.3, -0.25) is 4.79 Å². The van der Waals surface area contributed by atoms with Crippen LogP contribution in [-0.2, 0) is 4.79 Å². The van der Waals surface area contributed by atoms with Crippen LogP contribution in [0.2, 0.25) is 0 Å². The van der Waals surface area contributed by atoms with Gasteiger partial charge in [-0.2, -0.15) is 18.4 Å². The predicted octanol–water partition coefficient (Wildman–Crippen LogP) is 3.26. The maximum Gasteiger partial charge on any atom is 0.406 e. The van der Waals surface area contributed by atoms with Crippen molar-refractivity contribution in [3.8, 4) is 6.07 Å². The lowest BCUT2D eigenvalue weighted by Gasteiger charge is -2.35. The summed E-state index contributed by atoms with van der Waals surface area (Å²) >= 11 is 0. The van der Waals surface area contributed by atoms with Crippen LogP contribution in [0.4, 0.5) is 13.2 Å². The van der Waals surface area contributed by atoms with E-state index in [0.717, 1.165) is 24.2 Å². The summed E-state index contributed by atoms with van der Waals surface area (Å²) in [5.74, 6) is -0.645. The Hall–Kier alpha value is -1.25. The van der Waals surface area contributed by atoms with E-state index in [4.69, 9.17) is 0 Å². The van der Waals surface area contributed by atoms with E-state index in [1.54, 1.807) is 6.92 Å².